The number of nitrogens with zero attached hydrogens (tertiary/aromatic N) is 3. The third-order valence-corrected chi connectivity index (χ3v) is 5.49. The van der Waals surface area contributed by atoms with Crippen molar-refractivity contribution in [2.75, 3.05) is 62.0 Å². The van der Waals surface area contributed by atoms with Crippen LogP contribution in [-0.4, -0.2) is 76.3 Å². The van der Waals surface area contributed by atoms with Crippen LogP contribution in [0.2, 0.25) is 0 Å². The monoisotopic (exact) mass is 524 g/mol. The van der Waals surface area contributed by atoms with Gasteiger partial charge >= 0.3 is 0 Å². The summed E-state index contributed by atoms with van der Waals surface area (Å²) < 4.78 is 5.71. The first-order valence-corrected chi connectivity index (χ1v) is 11.3. The molecule has 1 atom stereocenters. The van der Waals surface area contributed by atoms with Crippen molar-refractivity contribution in [3.05, 3.63) is 55.6 Å². The van der Waals surface area contributed by atoms with Gasteiger partial charge in [-0.25, -0.2) is 0 Å². The van der Waals surface area contributed by atoms with Crippen molar-refractivity contribution in [3.63, 3.8) is 0 Å². The van der Waals surface area contributed by atoms with Crippen molar-refractivity contribution in [2.24, 2.45) is 5.73 Å². The molecule has 2 rings (SSSR count). The van der Waals surface area contributed by atoms with E-state index < -0.39 is 21.3 Å². The van der Waals surface area contributed by atoms with Crippen LogP contribution in [0.25, 0.3) is 0 Å². The van der Waals surface area contributed by atoms with Gasteiger partial charge in [0.2, 0.25) is 5.79 Å². The van der Waals surface area contributed by atoms with Gasteiger partial charge in [0, 0.05) is 37.7 Å². The summed E-state index contributed by atoms with van der Waals surface area (Å²) in [5, 5.41) is 65.5. The fourth-order valence-corrected chi connectivity index (χ4v) is 3.94. The molecule has 2 aromatic rings. The highest BCUT2D eigenvalue weighted by molar-refractivity contribution is 5.81. The first kappa shape index (κ1) is 29.5. The number of aliphatic hydroxyl groups is 4. The molecule has 0 amide bonds. The summed E-state index contributed by atoms with van der Waals surface area (Å²) in [7, 11) is 0. The van der Waals surface area contributed by atoms with Crippen LogP contribution in [0, 0.1) is 20.2 Å². The number of benzene rings is 2. The Kier molecular flexibility index (Phi) is 10.3. The summed E-state index contributed by atoms with van der Waals surface area (Å²) in [6, 6.07) is 5.10. The number of hydrogen-bond donors (Lipinski definition) is 7. The minimum absolute atomic E-state index is 0.00225. The molecule has 204 valence electrons. The molecule has 15 nitrogen and oxygen atoms in total. The molecule has 2 aromatic carbocycles. The largest absolute Gasteiger partial charge is 0.458 e. The molecule has 0 aromatic heterocycles. The number of nitro benzene ring substituents is 2. The van der Waals surface area contributed by atoms with Crippen molar-refractivity contribution < 1.29 is 35.0 Å². The minimum atomic E-state index is -2.25. The van der Waals surface area contributed by atoms with Gasteiger partial charge in [-0.1, -0.05) is 0 Å². The van der Waals surface area contributed by atoms with E-state index in [0.717, 1.165) is 6.07 Å². The van der Waals surface area contributed by atoms with Crippen LogP contribution in [-0.2, 0) is 12.2 Å². The number of ether oxygens (including phenoxy) is 1. The van der Waals surface area contributed by atoms with Gasteiger partial charge in [-0.2, -0.15) is 0 Å². The fourth-order valence-electron chi connectivity index (χ4n) is 3.94. The van der Waals surface area contributed by atoms with Gasteiger partial charge in [-0.05, 0) is 31.2 Å². The van der Waals surface area contributed by atoms with E-state index in [0.29, 0.717) is 0 Å². The first-order valence-electron chi connectivity index (χ1n) is 11.3. The van der Waals surface area contributed by atoms with E-state index in [2.05, 4.69) is 5.32 Å². The summed E-state index contributed by atoms with van der Waals surface area (Å²) >= 11 is 0. The Hall–Kier alpha value is -3.76. The van der Waals surface area contributed by atoms with Crippen LogP contribution in [0.5, 0.6) is 5.75 Å². The highest BCUT2D eigenvalue weighted by Crippen LogP contribution is 2.43. The van der Waals surface area contributed by atoms with E-state index in [9.17, 15) is 35.5 Å². The molecular formula is C22H32N6O9. The van der Waals surface area contributed by atoms with Gasteiger partial charge in [0.15, 0.2) is 0 Å². The van der Waals surface area contributed by atoms with Gasteiger partial charge in [0.1, 0.15) is 17.1 Å². The van der Waals surface area contributed by atoms with E-state index >= 15 is 0 Å². The summed E-state index contributed by atoms with van der Waals surface area (Å²) in [4.78, 5) is 23.6. The van der Waals surface area contributed by atoms with Crippen molar-refractivity contribution in [1.29, 1.82) is 0 Å². The second-order valence-electron chi connectivity index (χ2n) is 8.09. The Morgan fingerprint density at radius 2 is 1.73 bits per heavy atom. The highest BCUT2D eigenvalue weighted by atomic mass is 16.6. The molecule has 0 heterocycles. The molecule has 0 radical (unpaired) electrons. The zero-order valence-corrected chi connectivity index (χ0v) is 20.3. The fraction of sp³-hybridized carbons (Fsp3) is 0.455. The van der Waals surface area contributed by atoms with E-state index in [4.69, 9.17) is 21.3 Å². The quantitative estimate of drug-likeness (QED) is 0.0704. The Balaban J connectivity index is 2.69. The van der Waals surface area contributed by atoms with E-state index in [-0.39, 0.29) is 92.0 Å². The lowest BCUT2D eigenvalue weighted by molar-refractivity contribution is -0.384. The number of nitrogens with one attached hydrogen (secondary N) is 1. The Morgan fingerprint density at radius 1 is 1.08 bits per heavy atom. The molecule has 0 bridgehead atoms. The van der Waals surface area contributed by atoms with E-state index in [1.165, 1.54) is 30.0 Å². The molecule has 37 heavy (non-hydrogen) atoms. The zero-order chi connectivity index (χ0) is 27.8. The maximum absolute atomic E-state index is 12.0. The van der Waals surface area contributed by atoms with E-state index in [1.54, 1.807) is 0 Å². The normalized spacial score (nSPS) is 12.6. The smallest absolute Gasteiger partial charge is 0.297 e. The molecule has 0 aliphatic rings. The zero-order valence-electron chi connectivity index (χ0n) is 20.3. The third kappa shape index (κ3) is 6.93. The first-order chi connectivity index (χ1) is 17.5. The number of hydrogen-bond acceptors (Lipinski definition) is 13. The number of nitrogen functional groups attached to an aromatic ring is 1. The minimum Gasteiger partial charge on any atom is -0.458 e. The molecule has 0 saturated heterocycles. The summed E-state index contributed by atoms with van der Waals surface area (Å²) in [6.45, 7) is 0.257. The average Bonchev–Trinajstić information content (AvgIpc) is 2.82. The lowest BCUT2D eigenvalue weighted by Crippen LogP contribution is -2.34. The van der Waals surface area contributed by atoms with Gasteiger partial charge in [0.05, 0.1) is 41.4 Å². The predicted octanol–water partition coefficient (Wildman–Crippen LogP) is 0.0256. The molecule has 0 spiro atoms. The summed E-state index contributed by atoms with van der Waals surface area (Å²) in [5.41, 5.74) is 10.8. The number of anilines is 3. The van der Waals surface area contributed by atoms with Crippen LogP contribution < -0.4 is 26.4 Å². The molecule has 0 fully saturated rings. The molecule has 0 saturated carbocycles. The summed E-state index contributed by atoms with van der Waals surface area (Å²) in [6.07, 6.45) is -0.0558. The van der Waals surface area contributed by atoms with Crippen molar-refractivity contribution >= 4 is 28.4 Å². The van der Waals surface area contributed by atoms with Gasteiger partial charge in [-0.3, -0.25) is 20.2 Å². The molecular weight excluding hydrogens is 492 g/mol. The maximum atomic E-state index is 12.0. The van der Waals surface area contributed by atoms with Crippen molar-refractivity contribution in [1.82, 2.24) is 0 Å². The highest BCUT2D eigenvalue weighted by Gasteiger charge is 2.36. The van der Waals surface area contributed by atoms with Gasteiger partial charge in [0.25, 0.3) is 11.4 Å². The predicted molar refractivity (Wildman–Crippen MR) is 136 cm³/mol. The lowest BCUT2D eigenvalue weighted by Gasteiger charge is -2.31. The number of rotatable bonds is 15. The van der Waals surface area contributed by atoms with Gasteiger partial charge < -0.3 is 46.8 Å². The van der Waals surface area contributed by atoms with Crippen LogP contribution in [0.1, 0.15) is 18.1 Å². The van der Waals surface area contributed by atoms with E-state index in [1.807, 2.05) is 0 Å². The number of aliphatic hydroxyl groups excluding tert-OH is 3. The molecule has 0 aliphatic carbocycles. The van der Waals surface area contributed by atoms with Crippen LogP contribution >= 0.6 is 0 Å². The van der Waals surface area contributed by atoms with Crippen molar-refractivity contribution in [3.8, 4) is 5.75 Å². The Morgan fingerprint density at radius 3 is 2.24 bits per heavy atom. The average molecular weight is 525 g/mol. The second kappa shape index (κ2) is 13.0. The van der Waals surface area contributed by atoms with Crippen LogP contribution in [0.15, 0.2) is 24.3 Å². The third-order valence-electron chi connectivity index (χ3n) is 5.49. The number of nitro groups is 2. The SMILES string of the molecule is CC(O)(Oc1ccc(NCCO)c([N+](=O)[O-])c1)c1cc(N(CCO)CCO)c(N)c([N+](=O)[O-])c1CCN. The van der Waals surface area contributed by atoms with Gasteiger partial charge in [-0.15, -0.1) is 0 Å². The molecule has 0 aliphatic heterocycles. The lowest BCUT2D eigenvalue weighted by atomic mass is 9.93. The number of nitrogens with two attached hydrogens (primary N) is 2. The molecule has 15 heteroatoms. The van der Waals surface area contributed by atoms with Crippen molar-refractivity contribution in [2.45, 2.75) is 19.1 Å². The topological polar surface area (TPSA) is 244 Å². The van der Waals surface area contributed by atoms with Crippen LogP contribution in [0.3, 0.4) is 0 Å². The maximum Gasteiger partial charge on any atom is 0.297 e. The van der Waals surface area contributed by atoms with Crippen LogP contribution in [0.4, 0.5) is 28.4 Å². The Bertz CT molecular complexity index is 1110. The summed E-state index contributed by atoms with van der Waals surface area (Å²) in [5.74, 6) is -2.37. The molecule has 9 N–H and O–H groups in total. The standard InChI is InChI=1S/C22H32N6O9/c1-22(32,37-14-2-3-17(25-6-9-29)18(12-14)27(33)34)16-13-19(26(7-10-30)8-11-31)20(24)21(28(35)36)15(16)4-5-23/h2-3,12-13,25,29-32H,4-11,23-24H2,1H3. The molecule has 1 unspecified atom stereocenters. The second-order valence-corrected chi connectivity index (χ2v) is 8.09. The Labute approximate surface area is 212 Å².